The standard InChI is InChI=1S/C12H12N2O3/c15-12(16)17-11(8-14-7-6-13-9-14)10-4-2-1-3-5-10/h1-7,9,11H,8H2,(H,15,16)/t11-/m0/s1. The van der Waals surface area contributed by atoms with E-state index in [1.54, 1.807) is 23.3 Å². The minimum atomic E-state index is -1.28. The molecule has 1 heterocycles. The van der Waals surface area contributed by atoms with Crippen LogP contribution in [0.5, 0.6) is 0 Å². The number of carbonyl (C=O) groups is 1. The Morgan fingerprint density at radius 2 is 2.18 bits per heavy atom. The van der Waals surface area contributed by atoms with E-state index in [4.69, 9.17) is 9.84 Å². The molecule has 2 aromatic rings. The van der Waals surface area contributed by atoms with Crippen LogP contribution in [0.25, 0.3) is 0 Å². The van der Waals surface area contributed by atoms with Crippen molar-refractivity contribution in [3.8, 4) is 0 Å². The molecule has 0 fully saturated rings. The highest BCUT2D eigenvalue weighted by Gasteiger charge is 2.16. The first-order valence-corrected chi connectivity index (χ1v) is 5.16. The largest absolute Gasteiger partial charge is 0.506 e. The molecule has 1 aromatic carbocycles. The topological polar surface area (TPSA) is 64.3 Å². The molecule has 1 atom stereocenters. The molecule has 0 bridgehead atoms. The van der Waals surface area contributed by atoms with Crippen molar-refractivity contribution in [2.45, 2.75) is 12.6 Å². The van der Waals surface area contributed by atoms with Crippen molar-refractivity contribution in [1.82, 2.24) is 9.55 Å². The van der Waals surface area contributed by atoms with Gasteiger partial charge in [0.2, 0.25) is 0 Å². The van der Waals surface area contributed by atoms with Crippen LogP contribution in [-0.2, 0) is 11.3 Å². The fourth-order valence-electron chi connectivity index (χ4n) is 1.59. The van der Waals surface area contributed by atoms with E-state index in [0.717, 1.165) is 5.56 Å². The molecular formula is C12H12N2O3. The minimum Gasteiger partial charge on any atom is -0.450 e. The first kappa shape index (κ1) is 11.2. The van der Waals surface area contributed by atoms with Crippen molar-refractivity contribution in [1.29, 1.82) is 0 Å². The van der Waals surface area contributed by atoms with Gasteiger partial charge in [0.05, 0.1) is 12.9 Å². The zero-order valence-electron chi connectivity index (χ0n) is 9.06. The van der Waals surface area contributed by atoms with Gasteiger partial charge >= 0.3 is 6.16 Å². The molecule has 0 saturated heterocycles. The summed E-state index contributed by atoms with van der Waals surface area (Å²) in [6.07, 6.45) is 3.23. The molecule has 1 aromatic heterocycles. The third-order valence-corrected chi connectivity index (χ3v) is 2.35. The van der Waals surface area contributed by atoms with Crippen molar-refractivity contribution < 1.29 is 14.6 Å². The summed E-state index contributed by atoms with van der Waals surface area (Å²) in [6, 6.07) is 9.25. The molecule has 2 rings (SSSR count). The maximum Gasteiger partial charge on any atom is 0.506 e. The zero-order chi connectivity index (χ0) is 12.1. The predicted octanol–water partition coefficient (Wildman–Crippen LogP) is 2.32. The highest BCUT2D eigenvalue weighted by Crippen LogP contribution is 2.19. The Labute approximate surface area is 98.3 Å². The summed E-state index contributed by atoms with van der Waals surface area (Å²) in [5.41, 5.74) is 0.823. The summed E-state index contributed by atoms with van der Waals surface area (Å²) in [6.45, 7) is 0.413. The zero-order valence-corrected chi connectivity index (χ0v) is 9.06. The molecular weight excluding hydrogens is 220 g/mol. The molecule has 88 valence electrons. The van der Waals surface area contributed by atoms with Gasteiger partial charge in [0.25, 0.3) is 0 Å². The summed E-state index contributed by atoms with van der Waals surface area (Å²) >= 11 is 0. The van der Waals surface area contributed by atoms with Crippen molar-refractivity contribution in [2.75, 3.05) is 0 Å². The predicted molar refractivity (Wildman–Crippen MR) is 60.5 cm³/mol. The summed E-state index contributed by atoms with van der Waals surface area (Å²) < 4.78 is 6.66. The molecule has 5 nitrogen and oxygen atoms in total. The second-order valence-corrected chi connectivity index (χ2v) is 3.54. The molecule has 0 unspecified atom stereocenters. The number of aromatic nitrogens is 2. The van der Waals surface area contributed by atoms with Crippen molar-refractivity contribution in [2.24, 2.45) is 0 Å². The molecule has 0 radical (unpaired) electrons. The SMILES string of the molecule is O=C(O)O[C@@H](Cn1ccnc1)c1ccccc1. The Hall–Kier alpha value is -2.30. The summed E-state index contributed by atoms with van der Waals surface area (Å²) in [7, 11) is 0. The third kappa shape index (κ3) is 3.07. The number of hydrogen-bond donors (Lipinski definition) is 1. The second-order valence-electron chi connectivity index (χ2n) is 3.54. The Kier molecular flexibility index (Phi) is 3.40. The highest BCUT2D eigenvalue weighted by molar-refractivity contribution is 5.57. The highest BCUT2D eigenvalue weighted by atomic mass is 16.7. The van der Waals surface area contributed by atoms with Crippen LogP contribution in [-0.4, -0.2) is 20.8 Å². The van der Waals surface area contributed by atoms with Gasteiger partial charge < -0.3 is 14.4 Å². The van der Waals surface area contributed by atoms with Crippen LogP contribution in [0, 0.1) is 0 Å². The maximum absolute atomic E-state index is 10.7. The van der Waals surface area contributed by atoms with Crippen LogP contribution in [0.1, 0.15) is 11.7 Å². The molecule has 0 aliphatic carbocycles. The van der Waals surface area contributed by atoms with E-state index in [1.807, 2.05) is 30.3 Å². The number of carboxylic acid groups (broad SMARTS) is 1. The van der Waals surface area contributed by atoms with Gasteiger partial charge in [0, 0.05) is 12.4 Å². The van der Waals surface area contributed by atoms with Crippen LogP contribution >= 0.6 is 0 Å². The Morgan fingerprint density at radius 3 is 2.76 bits per heavy atom. The van der Waals surface area contributed by atoms with Crippen molar-refractivity contribution in [3.05, 3.63) is 54.6 Å². The van der Waals surface area contributed by atoms with Crippen LogP contribution < -0.4 is 0 Å². The molecule has 0 saturated carbocycles. The Bertz CT molecular complexity index is 468. The number of ether oxygens (including phenoxy) is 1. The molecule has 0 amide bonds. The monoisotopic (exact) mass is 232 g/mol. The van der Waals surface area contributed by atoms with Crippen LogP contribution in [0.15, 0.2) is 49.1 Å². The smallest absolute Gasteiger partial charge is 0.450 e. The third-order valence-electron chi connectivity index (χ3n) is 2.35. The first-order valence-electron chi connectivity index (χ1n) is 5.16. The minimum absolute atomic E-state index is 0.413. The lowest BCUT2D eigenvalue weighted by Gasteiger charge is -2.16. The second kappa shape index (κ2) is 5.16. The van der Waals surface area contributed by atoms with Gasteiger partial charge in [0.15, 0.2) is 0 Å². The maximum atomic E-state index is 10.7. The van der Waals surface area contributed by atoms with Crippen LogP contribution in [0.3, 0.4) is 0 Å². The molecule has 17 heavy (non-hydrogen) atoms. The van der Waals surface area contributed by atoms with Crippen molar-refractivity contribution >= 4 is 6.16 Å². The average molecular weight is 232 g/mol. The van der Waals surface area contributed by atoms with E-state index in [2.05, 4.69) is 4.98 Å². The lowest BCUT2D eigenvalue weighted by atomic mass is 10.1. The number of benzene rings is 1. The molecule has 0 spiro atoms. The molecule has 5 heteroatoms. The summed E-state index contributed by atoms with van der Waals surface area (Å²) in [5, 5.41) is 8.73. The molecule has 0 aliphatic rings. The van der Waals surface area contributed by atoms with Crippen LogP contribution in [0.2, 0.25) is 0 Å². The Morgan fingerprint density at radius 1 is 1.41 bits per heavy atom. The molecule has 1 N–H and O–H groups in total. The fraction of sp³-hybridized carbons (Fsp3) is 0.167. The Balaban J connectivity index is 2.16. The number of nitrogens with zero attached hydrogens (tertiary/aromatic N) is 2. The van der Waals surface area contributed by atoms with E-state index in [9.17, 15) is 4.79 Å². The van der Waals surface area contributed by atoms with E-state index >= 15 is 0 Å². The van der Waals surface area contributed by atoms with E-state index in [-0.39, 0.29) is 0 Å². The van der Waals surface area contributed by atoms with E-state index < -0.39 is 12.3 Å². The normalized spacial score (nSPS) is 12.0. The van der Waals surface area contributed by atoms with E-state index in [0.29, 0.717) is 6.54 Å². The summed E-state index contributed by atoms with van der Waals surface area (Å²) in [5.74, 6) is 0. The van der Waals surface area contributed by atoms with Crippen LogP contribution in [0.4, 0.5) is 4.79 Å². The lowest BCUT2D eigenvalue weighted by molar-refractivity contribution is 0.0437. The van der Waals surface area contributed by atoms with Crippen molar-refractivity contribution in [3.63, 3.8) is 0 Å². The number of rotatable bonds is 4. The molecule has 0 aliphatic heterocycles. The van der Waals surface area contributed by atoms with Gasteiger partial charge in [-0.1, -0.05) is 30.3 Å². The van der Waals surface area contributed by atoms with E-state index in [1.165, 1.54) is 0 Å². The fourth-order valence-corrected chi connectivity index (χ4v) is 1.59. The summed E-state index contributed by atoms with van der Waals surface area (Å²) in [4.78, 5) is 14.6. The van der Waals surface area contributed by atoms with Gasteiger partial charge in [0.1, 0.15) is 6.10 Å². The number of imidazole rings is 1. The van der Waals surface area contributed by atoms with Gasteiger partial charge in [-0.15, -0.1) is 0 Å². The number of hydrogen-bond acceptors (Lipinski definition) is 3. The van der Waals surface area contributed by atoms with Gasteiger partial charge in [-0.25, -0.2) is 9.78 Å². The lowest BCUT2D eigenvalue weighted by Crippen LogP contribution is -2.15. The average Bonchev–Trinajstić information content (AvgIpc) is 2.82. The van der Waals surface area contributed by atoms with Gasteiger partial charge in [-0.05, 0) is 5.56 Å². The quantitative estimate of drug-likeness (QED) is 0.821. The van der Waals surface area contributed by atoms with Gasteiger partial charge in [-0.2, -0.15) is 0 Å². The first-order chi connectivity index (χ1) is 8.25. The van der Waals surface area contributed by atoms with Gasteiger partial charge in [-0.3, -0.25) is 0 Å².